The Labute approximate surface area is 141 Å². The molecule has 0 aliphatic carbocycles. The number of methoxy groups -OCH3 is 1. The third-order valence-corrected chi connectivity index (χ3v) is 5.04. The minimum atomic E-state index is -3.72. The highest BCUT2D eigenvalue weighted by atomic mass is 35.5. The molecule has 1 aliphatic heterocycles. The fourth-order valence-electron chi connectivity index (χ4n) is 2.39. The van der Waals surface area contributed by atoms with Crippen molar-refractivity contribution < 1.29 is 18.1 Å². The van der Waals surface area contributed by atoms with Gasteiger partial charge in [0.25, 0.3) is 0 Å². The van der Waals surface area contributed by atoms with E-state index in [2.05, 4.69) is 10.0 Å². The van der Waals surface area contributed by atoms with Crippen molar-refractivity contribution in [1.82, 2.24) is 10.0 Å². The Bertz CT molecular complexity index is 647. The molecule has 10 heteroatoms. The maximum Gasteiger partial charge on any atom is 0.310 e. The van der Waals surface area contributed by atoms with Gasteiger partial charge in [-0.05, 0) is 37.9 Å². The SMILES string of the molecule is COc1cc(S(=O)(=O)NCC2CCCNC2)ccc1[N+](=O)[O-].Cl. The van der Waals surface area contributed by atoms with Gasteiger partial charge in [-0.25, -0.2) is 13.1 Å². The van der Waals surface area contributed by atoms with Gasteiger partial charge in [-0.1, -0.05) is 0 Å². The molecule has 1 fully saturated rings. The number of hydrogen-bond donors (Lipinski definition) is 2. The second kappa shape index (κ2) is 8.44. The lowest BCUT2D eigenvalue weighted by Gasteiger charge is -2.22. The number of halogens is 1. The van der Waals surface area contributed by atoms with Crippen LogP contribution in [0.3, 0.4) is 0 Å². The molecule has 1 aliphatic rings. The van der Waals surface area contributed by atoms with E-state index >= 15 is 0 Å². The van der Waals surface area contributed by atoms with Gasteiger partial charge in [0.05, 0.1) is 16.9 Å². The van der Waals surface area contributed by atoms with Gasteiger partial charge in [0.2, 0.25) is 10.0 Å². The first-order valence-corrected chi connectivity index (χ1v) is 8.45. The van der Waals surface area contributed by atoms with E-state index in [0.717, 1.165) is 32.0 Å². The Kier molecular flexibility index (Phi) is 7.20. The number of nitro benzene ring substituents is 1. The van der Waals surface area contributed by atoms with Crippen molar-refractivity contribution in [3.63, 3.8) is 0 Å². The van der Waals surface area contributed by atoms with Gasteiger partial charge in [-0.15, -0.1) is 12.4 Å². The van der Waals surface area contributed by atoms with Crippen molar-refractivity contribution in [2.45, 2.75) is 17.7 Å². The second-order valence-electron chi connectivity index (χ2n) is 5.16. The molecule has 1 aromatic carbocycles. The van der Waals surface area contributed by atoms with Gasteiger partial charge in [0.1, 0.15) is 0 Å². The molecule has 2 rings (SSSR count). The molecule has 23 heavy (non-hydrogen) atoms. The Hall–Kier alpha value is -1.42. The van der Waals surface area contributed by atoms with Crippen LogP contribution < -0.4 is 14.8 Å². The van der Waals surface area contributed by atoms with Gasteiger partial charge in [-0.2, -0.15) is 0 Å². The molecule has 0 aromatic heterocycles. The van der Waals surface area contributed by atoms with Crippen LogP contribution in [0.1, 0.15) is 12.8 Å². The highest BCUT2D eigenvalue weighted by molar-refractivity contribution is 7.89. The zero-order valence-electron chi connectivity index (χ0n) is 12.6. The molecule has 1 unspecified atom stereocenters. The minimum absolute atomic E-state index is 0. The maximum atomic E-state index is 12.3. The lowest BCUT2D eigenvalue weighted by Crippen LogP contribution is -2.38. The first-order valence-electron chi connectivity index (χ1n) is 6.97. The Morgan fingerprint density at radius 3 is 2.78 bits per heavy atom. The van der Waals surface area contributed by atoms with Crippen molar-refractivity contribution in [3.05, 3.63) is 28.3 Å². The van der Waals surface area contributed by atoms with E-state index in [1.165, 1.54) is 19.2 Å². The molecule has 0 amide bonds. The number of hydrogen-bond acceptors (Lipinski definition) is 6. The third kappa shape index (κ3) is 5.03. The monoisotopic (exact) mass is 365 g/mol. The summed E-state index contributed by atoms with van der Waals surface area (Å²) in [4.78, 5) is 10.2. The first-order chi connectivity index (χ1) is 10.4. The van der Waals surface area contributed by atoms with Gasteiger partial charge >= 0.3 is 5.69 Å². The molecule has 0 spiro atoms. The average molecular weight is 366 g/mol. The molecule has 0 radical (unpaired) electrons. The number of nitro groups is 1. The summed E-state index contributed by atoms with van der Waals surface area (Å²) >= 11 is 0. The van der Waals surface area contributed by atoms with Crippen molar-refractivity contribution in [2.75, 3.05) is 26.7 Å². The number of ether oxygens (including phenoxy) is 1. The van der Waals surface area contributed by atoms with Gasteiger partial charge in [0, 0.05) is 18.7 Å². The smallest absolute Gasteiger partial charge is 0.310 e. The molecular weight excluding hydrogens is 346 g/mol. The molecule has 0 saturated carbocycles. The van der Waals surface area contributed by atoms with Crippen LogP contribution in [0.4, 0.5) is 5.69 Å². The third-order valence-electron chi connectivity index (χ3n) is 3.62. The number of piperidine rings is 1. The van der Waals surface area contributed by atoms with Crippen LogP contribution in [0.5, 0.6) is 5.75 Å². The molecule has 1 heterocycles. The molecular formula is C13H20ClN3O5S. The summed E-state index contributed by atoms with van der Waals surface area (Å²) in [5.74, 6) is 0.177. The summed E-state index contributed by atoms with van der Waals surface area (Å²) in [6, 6.07) is 3.51. The predicted octanol–water partition coefficient (Wildman–Crippen LogP) is 1.30. The summed E-state index contributed by atoms with van der Waals surface area (Å²) < 4.78 is 32.0. The van der Waals surface area contributed by atoms with E-state index in [1.807, 2.05) is 0 Å². The molecule has 1 saturated heterocycles. The normalized spacial score (nSPS) is 18.0. The van der Waals surface area contributed by atoms with Crippen molar-refractivity contribution >= 4 is 28.1 Å². The topological polar surface area (TPSA) is 111 Å². The van der Waals surface area contributed by atoms with E-state index in [4.69, 9.17) is 4.74 Å². The maximum absolute atomic E-state index is 12.3. The highest BCUT2D eigenvalue weighted by Crippen LogP contribution is 2.29. The Morgan fingerprint density at radius 2 is 2.22 bits per heavy atom. The van der Waals surface area contributed by atoms with Crippen LogP contribution >= 0.6 is 12.4 Å². The summed E-state index contributed by atoms with van der Waals surface area (Å²) in [6.07, 6.45) is 2.00. The zero-order valence-corrected chi connectivity index (χ0v) is 14.3. The number of sulfonamides is 1. The van der Waals surface area contributed by atoms with Crippen LogP contribution in [0.2, 0.25) is 0 Å². The number of nitrogens with zero attached hydrogens (tertiary/aromatic N) is 1. The van der Waals surface area contributed by atoms with E-state index in [1.54, 1.807) is 0 Å². The highest BCUT2D eigenvalue weighted by Gasteiger charge is 2.22. The standard InChI is InChI=1S/C13H19N3O5S.ClH/c1-21-13-7-11(4-5-12(13)16(17)18)22(19,20)15-9-10-3-2-6-14-8-10;/h4-5,7,10,14-15H,2-3,6,8-9H2,1H3;1H. The number of rotatable bonds is 6. The van der Waals surface area contributed by atoms with E-state index in [-0.39, 0.29) is 34.7 Å². The molecule has 1 atom stereocenters. The predicted molar refractivity (Wildman–Crippen MR) is 87.7 cm³/mol. The lowest BCUT2D eigenvalue weighted by molar-refractivity contribution is -0.385. The molecule has 1 aromatic rings. The number of benzene rings is 1. The minimum Gasteiger partial charge on any atom is -0.490 e. The van der Waals surface area contributed by atoms with Crippen LogP contribution in [0.15, 0.2) is 23.1 Å². The summed E-state index contributed by atoms with van der Waals surface area (Å²) in [5.41, 5.74) is -0.266. The van der Waals surface area contributed by atoms with E-state index in [9.17, 15) is 18.5 Å². The summed E-state index contributed by atoms with van der Waals surface area (Å²) in [5, 5.41) is 14.0. The lowest BCUT2D eigenvalue weighted by atomic mass is 10.0. The van der Waals surface area contributed by atoms with Crippen LogP contribution in [-0.2, 0) is 10.0 Å². The van der Waals surface area contributed by atoms with E-state index in [0.29, 0.717) is 6.54 Å². The van der Waals surface area contributed by atoms with Crippen molar-refractivity contribution in [2.24, 2.45) is 5.92 Å². The Balaban J connectivity index is 0.00000264. The van der Waals surface area contributed by atoms with Crippen molar-refractivity contribution in [3.8, 4) is 5.75 Å². The van der Waals surface area contributed by atoms with Crippen molar-refractivity contribution in [1.29, 1.82) is 0 Å². The van der Waals surface area contributed by atoms with Crippen LogP contribution in [-0.4, -0.2) is 40.1 Å². The molecule has 130 valence electrons. The summed E-state index contributed by atoms with van der Waals surface area (Å²) in [7, 11) is -2.45. The largest absolute Gasteiger partial charge is 0.490 e. The van der Waals surface area contributed by atoms with Gasteiger partial charge < -0.3 is 10.1 Å². The van der Waals surface area contributed by atoms with E-state index < -0.39 is 14.9 Å². The Morgan fingerprint density at radius 1 is 1.48 bits per heavy atom. The fraction of sp³-hybridized carbons (Fsp3) is 0.538. The van der Waals surface area contributed by atoms with Gasteiger partial charge in [0.15, 0.2) is 5.75 Å². The molecule has 0 bridgehead atoms. The summed E-state index contributed by atoms with van der Waals surface area (Å²) in [6.45, 7) is 2.09. The second-order valence-corrected chi connectivity index (χ2v) is 6.92. The average Bonchev–Trinajstić information content (AvgIpc) is 2.53. The zero-order chi connectivity index (χ0) is 16.2. The molecule has 2 N–H and O–H groups in total. The number of nitrogens with one attached hydrogen (secondary N) is 2. The quantitative estimate of drug-likeness (QED) is 0.580. The fourth-order valence-corrected chi connectivity index (χ4v) is 3.52. The van der Waals surface area contributed by atoms with Crippen LogP contribution in [0, 0.1) is 16.0 Å². The molecule has 8 nitrogen and oxygen atoms in total. The van der Waals surface area contributed by atoms with Gasteiger partial charge in [-0.3, -0.25) is 10.1 Å². The first kappa shape index (κ1) is 19.6. The van der Waals surface area contributed by atoms with Crippen LogP contribution in [0.25, 0.3) is 0 Å².